The van der Waals surface area contributed by atoms with Gasteiger partial charge in [0.05, 0.1) is 24.4 Å². The van der Waals surface area contributed by atoms with Crippen LogP contribution < -0.4 is 5.46 Å². The van der Waals surface area contributed by atoms with Gasteiger partial charge >= 0.3 is 7.12 Å². The van der Waals surface area contributed by atoms with Crippen LogP contribution >= 0.6 is 0 Å². The number of hydrogen-bond acceptors (Lipinski definition) is 4. The third kappa shape index (κ3) is 4.17. The Balaban J connectivity index is 1.90. The van der Waals surface area contributed by atoms with Crippen LogP contribution in [0.1, 0.15) is 59.6 Å². The molecule has 0 N–H and O–H groups in total. The van der Waals surface area contributed by atoms with Crippen molar-refractivity contribution in [3.63, 3.8) is 0 Å². The van der Waals surface area contributed by atoms with Crippen molar-refractivity contribution in [1.82, 2.24) is 4.90 Å². The highest BCUT2D eigenvalue weighted by molar-refractivity contribution is 6.62. The van der Waals surface area contributed by atoms with E-state index in [9.17, 15) is 0 Å². The molecule has 3 rings (SSSR count). The second-order valence-corrected chi connectivity index (χ2v) is 9.69. The summed E-state index contributed by atoms with van der Waals surface area (Å²) >= 11 is 0. The van der Waals surface area contributed by atoms with Crippen molar-refractivity contribution in [3.8, 4) is 0 Å². The van der Waals surface area contributed by atoms with E-state index in [1.807, 2.05) is 0 Å². The van der Waals surface area contributed by atoms with Gasteiger partial charge in [0, 0.05) is 19.6 Å². The second-order valence-electron chi connectivity index (χ2n) is 9.69. The molecule has 0 spiro atoms. The van der Waals surface area contributed by atoms with E-state index in [1.54, 1.807) is 0 Å². The molecule has 0 saturated carbocycles. The van der Waals surface area contributed by atoms with E-state index in [2.05, 4.69) is 71.6 Å². The summed E-state index contributed by atoms with van der Waals surface area (Å²) < 4.78 is 18.1. The minimum absolute atomic E-state index is 0.0827. The Morgan fingerprint density at radius 2 is 1.54 bits per heavy atom. The molecular formula is C21H34BNO3. The van der Waals surface area contributed by atoms with Crippen LogP contribution in [0, 0.1) is 0 Å². The lowest BCUT2D eigenvalue weighted by molar-refractivity contribution is 0.00578. The predicted molar refractivity (Wildman–Crippen MR) is 107 cm³/mol. The van der Waals surface area contributed by atoms with Crippen molar-refractivity contribution in [2.75, 3.05) is 26.3 Å². The van der Waals surface area contributed by atoms with Crippen LogP contribution in [0.2, 0.25) is 0 Å². The molecule has 2 aliphatic rings. The number of benzene rings is 1. The minimum atomic E-state index is -0.320. The number of morpholine rings is 1. The molecule has 0 aliphatic carbocycles. The van der Waals surface area contributed by atoms with E-state index in [0.717, 1.165) is 38.3 Å². The van der Waals surface area contributed by atoms with Crippen molar-refractivity contribution >= 4 is 12.6 Å². The molecule has 0 bridgehead atoms. The zero-order valence-corrected chi connectivity index (χ0v) is 17.5. The van der Waals surface area contributed by atoms with Gasteiger partial charge in [-0.2, -0.15) is 0 Å². The van der Waals surface area contributed by atoms with Crippen LogP contribution in [0.15, 0.2) is 18.2 Å². The Hall–Kier alpha value is -0.875. The molecule has 0 radical (unpaired) electrons. The van der Waals surface area contributed by atoms with Gasteiger partial charge in [-0.15, -0.1) is 0 Å². The molecule has 1 aromatic rings. The third-order valence-electron chi connectivity index (χ3n) is 5.92. The summed E-state index contributed by atoms with van der Waals surface area (Å²) in [4.78, 5) is 2.46. The van der Waals surface area contributed by atoms with Gasteiger partial charge in [-0.3, -0.25) is 4.90 Å². The second kappa shape index (κ2) is 6.94. The largest absolute Gasteiger partial charge is 0.494 e. The highest BCUT2D eigenvalue weighted by Gasteiger charge is 2.51. The van der Waals surface area contributed by atoms with Crippen LogP contribution in [0.4, 0.5) is 0 Å². The van der Waals surface area contributed by atoms with Crippen LogP contribution in [0.3, 0.4) is 0 Å². The highest BCUT2D eigenvalue weighted by Crippen LogP contribution is 2.37. The first-order valence-electron chi connectivity index (χ1n) is 9.78. The molecule has 2 heterocycles. The molecule has 0 amide bonds. The Morgan fingerprint density at radius 1 is 0.962 bits per heavy atom. The first kappa shape index (κ1) is 19.9. The average Bonchev–Trinajstić information content (AvgIpc) is 2.75. The van der Waals surface area contributed by atoms with E-state index in [4.69, 9.17) is 14.0 Å². The molecule has 26 heavy (non-hydrogen) atoms. The standard InChI is InChI=1S/C21H34BNO3/c1-19(2,3)17-12-16(15-23-8-10-24-11-9-23)13-18(14-17)22-25-20(4,5)21(6,7)26-22/h12-14H,8-11,15H2,1-7H3. The van der Waals surface area contributed by atoms with E-state index >= 15 is 0 Å². The summed E-state index contributed by atoms with van der Waals surface area (Å²) in [5.74, 6) is 0. The maximum atomic E-state index is 6.31. The summed E-state index contributed by atoms with van der Waals surface area (Å²) in [6, 6.07) is 6.85. The van der Waals surface area contributed by atoms with E-state index in [0.29, 0.717) is 0 Å². The van der Waals surface area contributed by atoms with Crippen molar-refractivity contribution < 1.29 is 14.0 Å². The van der Waals surface area contributed by atoms with Crippen molar-refractivity contribution in [2.45, 2.75) is 71.6 Å². The van der Waals surface area contributed by atoms with E-state index in [-0.39, 0.29) is 23.7 Å². The summed E-state index contributed by atoms with van der Waals surface area (Å²) in [6.07, 6.45) is 0. The smallest absolute Gasteiger partial charge is 0.399 e. The van der Waals surface area contributed by atoms with Crippen LogP contribution in [-0.4, -0.2) is 49.5 Å². The molecule has 1 aromatic carbocycles. The topological polar surface area (TPSA) is 30.9 Å². The van der Waals surface area contributed by atoms with Gasteiger partial charge in [-0.25, -0.2) is 0 Å². The lowest BCUT2D eigenvalue weighted by Crippen LogP contribution is -2.41. The number of rotatable bonds is 3. The molecule has 4 nitrogen and oxygen atoms in total. The minimum Gasteiger partial charge on any atom is -0.399 e. The maximum absolute atomic E-state index is 6.31. The van der Waals surface area contributed by atoms with Crippen molar-refractivity contribution in [3.05, 3.63) is 29.3 Å². The lowest BCUT2D eigenvalue weighted by atomic mass is 9.74. The summed E-state index contributed by atoms with van der Waals surface area (Å²) in [5, 5.41) is 0. The average molecular weight is 359 g/mol. The summed E-state index contributed by atoms with van der Waals surface area (Å²) in [5.41, 5.74) is 3.22. The Bertz CT molecular complexity index is 629. The van der Waals surface area contributed by atoms with Crippen LogP contribution in [0.5, 0.6) is 0 Å². The molecule has 2 saturated heterocycles. The summed E-state index contributed by atoms with van der Waals surface area (Å²) in [6.45, 7) is 19.8. The maximum Gasteiger partial charge on any atom is 0.494 e. The Morgan fingerprint density at radius 3 is 2.08 bits per heavy atom. The molecule has 0 atom stereocenters. The first-order valence-corrected chi connectivity index (χ1v) is 9.78. The lowest BCUT2D eigenvalue weighted by Gasteiger charge is -2.32. The predicted octanol–water partition coefficient (Wildman–Crippen LogP) is 3.12. The van der Waals surface area contributed by atoms with Gasteiger partial charge in [0.2, 0.25) is 0 Å². The van der Waals surface area contributed by atoms with Gasteiger partial charge < -0.3 is 14.0 Å². The van der Waals surface area contributed by atoms with Gasteiger partial charge in [0.1, 0.15) is 0 Å². The molecule has 2 aliphatic heterocycles. The third-order valence-corrected chi connectivity index (χ3v) is 5.92. The normalized spacial score (nSPS) is 23.4. The molecule has 0 aromatic heterocycles. The van der Waals surface area contributed by atoms with Crippen molar-refractivity contribution in [2.24, 2.45) is 0 Å². The fourth-order valence-corrected chi connectivity index (χ4v) is 3.38. The Kier molecular flexibility index (Phi) is 5.30. The van der Waals surface area contributed by atoms with Gasteiger partial charge in [0.25, 0.3) is 0 Å². The first-order chi connectivity index (χ1) is 12.0. The number of ether oxygens (including phenoxy) is 1. The quantitative estimate of drug-likeness (QED) is 0.776. The zero-order valence-electron chi connectivity index (χ0n) is 17.5. The van der Waals surface area contributed by atoms with Gasteiger partial charge in [-0.1, -0.05) is 39.0 Å². The fraction of sp³-hybridized carbons (Fsp3) is 0.714. The SMILES string of the molecule is CC(C)(C)c1cc(CN2CCOCC2)cc(B2OC(C)(C)C(C)(C)O2)c1. The van der Waals surface area contributed by atoms with Crippen LogP contribution in [0.25, 0.3) is 0 Å². The monoisotopic (exact) mass is 359 g/mol. The fourth-order valence-electron chi connectivity index (χ4n) is 3.38. The van der Waals surface area contributed by atoms with E-state index < -0.39 is 0 Å². The number of nitrogens with zero attached hydrogens (tertiary/aromatic N) is 1. The molecular weight excluding hydrogens is 325 g/mol. The van der Waals surface area contributed by atoms with Crippen LogP contribution in [-0.2, 0) is 26.0 Å². The van der Waals surface area contributed by atoms with Gasteiger partial charge in [-0.05, 0) is 49.7 Å². The summed E-state index contributed by atoms with van der Waals surface area (Å²) in [7, 11) is -0.314. The molecule has 2 fully saturated rings. The molecule has 0 unspecified atom stereocenters. The van der Waals surface area contributed by atoms with Gasteiger partial charge in [0.15, 0.2) is 0 Å². The molecule has 144 valence electrons. The zero-order chi connectivity index (χ0) is 19.2. The molecule has 5 heteroatoms. The Labute approximate surface area is 159 Å². The highest BCUT2D eigenvalue weighted by atomic mass is 16.7. The van der Waals surface area contributed by atoms with E-state index in [1.165, 1.54) is 11.1 Å². The van der Waals surface area contributed by atoms with Crippen molar-refractivity contribution in [1.29, 1.82) is 0 Å². The number of hydrogen-bond donors (Lipinski definition) is 0.